The molecular weight excluding hydrogens is 410 g/mol. The number of nitrogens with zero attached hydrogens (tertiary/aromatic N) is 4. The molecule has 152 valence electrons. The molecule has 2 aromatic rings. The minimum absolute atomic E-state index is 0.0670. The lowest BCUT2D eigenvalue weighted by molar-refractivity contribution is -0.384. The second-order valence-electron chi connectivity index (χ2n) is 6.04. The number of hydrogen-bond donors (Lipinski definition) is 3. The number of hydrazone groups is 2. The predicted molar refractivity (Wildman–Crippen MR) is 115 cm³/mol. The maximum atomic E-state index is 12.6. The molecule has 0 aliphatic carbocycles. The molecule has 30 heavy (non-hydrogen) atoms. The van der Waals surface area contributed by atoms with Crippen LogP contribution >= 0.6 is 12.2 Å². The van der Waals surface area contributed by atoms with Crippen LogP contribution in [0.2, 0.25) is 0 Å². The van der Waals surface area contributed by atoms with Crippen molar-refractivity contribution in [3.63, 3.8) is 0 Å². The van der Waals surface area contributed by atoms with E-state index >= 15 is 0 Å². The van der Waals surface area contributed by atoms with E-state index in [1.54, 1.807) is 24.3 Å². The highest BCUT2D eigenvalue weighted by Crippen LogP contribution is 2.19. The van der Waals surface area contributed by atoms with Crippen LogP contribution in [0, 0.1) is 10.1 Å². The Hall–Kier alpha value is -4.19. The first-order valence-electron chi connectivity index (χ1n) is 8.45. The zero-order chi connectivity index (χ0) is 21.8. The Kier molecular flexibility index (Phi) is 5.78. The number of carbonyl (C=O) groups is 2. The van der Waals surface area contributed by atoms with Crippen molar-refractivity contribution in [2.75, 3.05) is 10.7 Å². The van der Waals surface area contributed by atoms with E-state index in [4.69, 9.17) is 18.0 Å². The molecule has 4 N–H and O–H groups in total. The van der Waals surface area contributed by atoms with Crippen molar-refractivity contribution < 1.29 is 14.5 Å². The Morgan fingerprint density at radius 2 is 1.77 bits per heavy atom. The molecule has 1 heterocycles. The van der Waals surface area contributed by atoms with Crippen molar-refractivity contribution in [3.8, 4) is 0 Å². The summed E-state index contributed by atoms with van der Waals surface area (Å²) in [6, 6.07) is 12.1. The molecule has 0 unspecified atom stereocenters. The van der Waals surface area contributed by atoms with Crippen LogP contribution in [-0.2, 0) is 9.59 Å². The molecule has 11 nitrogen and oxygen atoms in total. The van der Waals surface area contributed by atoms with E-state index in [0.29, 0.717) is 16.9 Å². The molecule has 2 aromatic carbocycles. The van der Waals surface area contributed by atoms with Crippen LogP contribution in [-0.4, -0.2) is 38.3 Å². The Morgan fingerprint density at radius 3 is 2.30 bits per heavy atom. The van der Waals surface area contributed by atoms with Crippen LogP contribution in [0.25, 0.3) is 0 Å². The number of benzene rings is 2. The van der Waals surface area contributed by atoms with Crippen LogP contribution in [0.4, 0.5) is 17.1 Å². The van der Waals surface area contributed by atoms with Crippen molar-refractivity contribution in [1.29, 1.82) is 0 Å². The average Bonchev–Trinajstić information content (AvgIpc) is 3.03. The van der Waals surface area contributed by atoms with E-state index in [2.05, 4.69) is 20.9 Å². The minimum atomic E-state index is -0.641. The summed E-state index contributed by atoms with van der Waals surface area (Å²) in [5.41, 5.74) is 9.84. The van der Waals surface area contributed by atoms with Gasteiger partial charge in [-0.15, -0.1) is 0 Å². The van der Waals surface area contributed by atoms with Gasteiger partial charge in [0, 0.05) is 30.3 Å². The Labute approximate surface area is 175 Å². The molecule has 0 fully saturated rings. The van der Waals surface area contributed by atoms with Gasteiger partial charge in [0.1, 0.15) is 5.71 Å². The molecule has 3 rings (SSSR count). The summed E-state index contributed by atoms with van der Waals surface area (Å²) in [5.74, 6) is -0.840. The van der Waals surface area contributed by atoms with Gasteiger partial charge in [-0.1, -0.05) is 0 Å². The number of nitro groups is 1. The summed E-state index contributed by atoms with van der Waals surface area (Å²) in [6.45, 7) is 1.40. The average molecular weight is 425 g/mol. The Morgan fingerprint density at radius 1 is 1.17 bits per heavy atom. The Balaban J connectivity index is 1.89. The van der Waals surface area contributed by atoms with Crippen LogP contribution in [0.15, 0.2) is 58.7 Å². The number of hydrogen-bond acceptors (Lipinski definition) is 8. The lowest BCUT2D eigenvalue weighted by Gasteiger charge is -2.07. The maximum Gasteiger partial charge on any atom is 0.303 e. The third-order valence-corrected chi connectivity index (χ3v) is 4.05. The summed E-state index contributed by atoms with van der Waals surface area (Å²) in [6.07, 6.45) is 0. The summed E-state index contributed by atoms with van der Waals surface area (Å²) >= 11 is 4.85. The van der Waals surface area contributed by atoms with E-state index in [1.807, 2.05) is 0 Å². The molecule has 1 aliphatic rings. The number of nitro benzene ring substituents is 1. The fourth-order valence-corrected chi connectivity index (χ4v) is 2.66. The van der Waals surface area contributed by atoms with Gasteiger partial charge in [0.15, 0.2) is 10.8 Å². The Bertz CT molecular complexity index is 1090. The van der Waals surface area contributed by atoms with Crippen molar-refractivity contribution in [2.45, 2.75) is 6.92 Å². The number of amides is 2. The fourth-order valence-electron chi connectivity index (χ4n) is 2.53. The zero-order valence-corrected chi connectivity index (χ0v) is 16.3. The molecule has 0 spiro atoms. The second-order valence-corrected chi connectivity index (χ2v) is 6.46. The van der Waals surface area contributed by atoms with Crippen LogP contribution in [0.3, 0.4) is 0 Å². The number of nitrogens with two attached hydrogens (primary N) is 1. The van der Waals surface area contributed by atoms with Gasteiger partial charge in [-0.2, -0.15) is 15.2 Å². The third-order valence-electron chi connectivity index (χ3n) is 3.88. The van der Waals surface area contributed by atoms with Crippen molar-refractivity contribution in [3.05, 3.63) is 64.2 Å². The fraction of sp³-hybridized carbons (Fsp3) is 0.0556. The molecule has 0 saturated heterocycles. The van der Waals surface area contributed by atoms with E-state index in [1.165, 1.54) is 31.2 Å². The van der Waals surface area contributed by atoms with Crippen molar-refractivity contribution in [1.82, 2.24) is 5.01 Å². The number of carbonyl (C=O) groups excluding carboxylic acids is 2. The lowest BCUT2D eigenvalue weighted by Crippen LogP contribution is -2.36. The van der Waals surface area contributed by atoms with Crippen molar-refractivity contribution >= 4 is 57.6 Å². The standard InChI is InChI=1S/C18H15N7O4S/c1-10(26)20-12-4-6-13(7-5-12)21-22-16-15(23-24(17(16)27)18(19)30)11-2-8-14(9-3-11)25(28)29/h2-9,21H,1H3,(H2,19,30)(H,20,26)/b22-16-. The van der Waals surface area contributed by atoms with Gasteiger partial charge in [-0.05, 0) is 48.6 Å². The van der Waals surface area contributed by atoms with Gasteiger partial charge in [0.2, 0.25) is 5.91 Å². The monoisotopic (exact) mass is 425 g/mol. The number of rotatable bonds is 5. The van der Waals surface area contributed by atoms with Crippen molar-refractivity contribution in [2.24, 2.45) is 15.9 Å². The summed E-state index contributed by atoms with van der Waals surface area (Å²) in [4.78, 5) is 34.0. The third kappa shape index (κ3) is 4.44. The van der Waals surface area contributed by atoms with Crippen LogP contribution in [0.5, 0.6) is 0 Å². The molecule has 0 radical (unpaired) electrons. The SMILES string of the molecule is CC(=O)Nc1ccc(N/N=C2\C(=O)N(C(N)=S)N=C2c2ccc([N+](=O)[O-])cc2)cc1. The lowest BCUT2D eigenvalue weighted by atomic mass is 10.1. The maximum absolute atomic E-state index is 12.6. The molecule has 0 saturated carbocycles. The van der Waals surface area contributed by atoms with Gasteiger partial charge in [0.05, 0.1) is 10.6 Å². The summed E-state index contributed by atoms with van der Waals surface area (Å²) < 4.78 is 0. The van der Waals surface area contributed by atoms with Crippen LogP contribution in [0.1, 0.15) is 12.5 Å². The molecular formula is C18H15N7O4S. The molecule has 2 amide bonds. The summed E-state index contributed by atoms with van der Waals surface area (Å²) in [7, 11) is 0. The van der Waals surface area contributed by atoms with Crippen LogP contribution < -0.4 is 16.5 Å². The zero-order valence-electron chi connectivity index (χ0n) is 15.5. The molecule has 0 aromatic heterocycles. The van der Waals surface area contributed by atoms with E-state index < -0.39 is 10.8 Å². The molecule has 0 bridgehead atoms. The predicted octanol–water partition coefficient (Wildman–Crippen LogP) is 1.81. The van der Waals surface area contributed by atoms with E-state index in [0.717, 1.165) is 5.01 Å². The number of nitrogens with one attached hydrogen (secondary N) is 2. The van der Waals surface area contributed by atoms with Gasteiger partial charge in [0.25, 0.3) is 5.69 Å². The molecule has 0 atom stereocenters. The second kappa shape index (κ2) is 8.45. The minimum Gasteiger partial charge on any atom is -0.374 e. The van der Waals surface area contributed by atoms with E-state index in [-0.39, 0.29) is 28.1 Å². The van der Waals surface area contributed by atoms with E-state index in [9.17, 15) is 19.7 Å². The van der Waals surface area contributed by atoms with Gasteiger partial charge < -0.3 is 11.1 Å². The highest BCUT2D eigenvalue weighted by molar-refractivity contribution is 7.80. The number of anilines is 2. The first-order valence-corrected chi connectivity index (χ1v) is 8.86. The largest absolute Gasteiger partial charge is 0.374 e. The van der Waals surface area contributed by atoms with Gasteiger partial charge in [-0.25, -0.2) is 0 Å². The van der Waals surface area contributed by atoms with Gasteiger partial charge in [-0.3, -0.25) is 25.1 Å². The summed E-state index contributed by atoms with van der Waals surface area (Å²) in [5, 5.41) is 22.3. The topological polar surface area (TPSA) is 155 Å². The first kappa shape index (κ1) is 20.5. The quantitative estimate of drug-likeness (QED) is 0.375. The number of thiocarbonyl (C=S) groups is 1. The normalized spacial score (nSPS) is 14.4. The highest BCUT2D eigenvalue weighted by atomic mass is 32.1. The molecule has 12 heteroatoms. The number of non-ortho nitro benzene ring substituents is 1. The first-order chi connectivity index (χ1) is 14.3. The molecule has 1 aliphatic heterocycles. The van der Waals surface area contributed by atoms with Gasteiger partial charge >= 0.3 is 5.91 Å². The smallest absolute Gasteiger partial charge is 0.303 e. The highest BCUT2D eigenvalue weighted by Gasteiger charge is 2.34.